The maximum atomic E-state index is 13.1. The summed E-state index contributed by atoms with van der Waals surface area (Å²) in [5.41, 5.74) is 2.93. The van der Waals surface area contributed by atoms with Crippen molar-refractivity contribution in [2.45, 2.75) is 118 Å². The number of nitrogens with zero attached hydrogens (tertiary/aromatic N) is 1. The summed E-state index contributed by atoms with van der Waals surface area (Å²) in [4.78, 5) is 17.4. The van der Waals surface area contributed by atoms with Crippen molar-refractivity contribution in [3.8, 4) is 11.5 Å². The Labute approximate surface area is 247 Å². The van der Waals surface area contributed by atoms with Gasteiger partial charge in [0.25, 0.3) is 0 Å². The highest BCUT2D eigenvalue weighted by Crippen LogP contribution is 2.46. The minimum absolute atomic E-state index is 0.0259. The molecular formula is C34H52N2O5. The van der Waals surface area contributed by atoms with Gasteiger partial charge in [0.15, 0.2) is 11.5 Å². The number of nitrogens with one attached hydrogen (secondary N) is 1. The Balaban J connectivity index is 0.000000745. The Morgan fingerprint density at radius 1 is 1.20 bits per heavy atom. The normalized spacial score (nSPS) is 19.6. The first kappa shape index (κ1) is 34.0. The van der Waals surface area contributed by atoms with Gasteiger partial charge in [0.2, 0.25) is 0 Å². The fourth-order valence-electron chi connectivity index (χ4n) is 5.60. The van der Waals surface area contributed by atoms with Crippen molar-refractivity contribution >= 4 is 11.8 Å². The second-order valence-corrected chi connectivity index (χ2v) is 12.2. The van der Waals surface area contributed by atoms with Crippen LogP contribution < -0.4 is 10.1 Å². The molecule has 0 radical (unpaired) electrons. The summed E-state index contributed by atoms with van der Waals surface area (Å²) in [6.45, 7) is 17.7. The molecule has 3 rings (SSSR count). The van der Waals surface area contributed by atoms with Gasteiger partial charge in [-0.1, -0.05) is 42.7 Å². The van der Waals surface area contributed by atoms with Gasteiger partial charge in [-0.25, -0.2) is 4.79 Å². The molecule has 1 aliphatic carbocycles. The van der Waals surface area contributed by atoms with Crippen LogP contribution in [0, 0.1) is 5.92 Å². The van der Waals surface area contributed by atoms with Gasteiger partial charge in [0, 0.05) is 25.9 Å². The van der Waals surface area contributed by atoms with Crippen LogP contribution in [0.2, 0.25) is 0 Å². The summed E-state index contributed by atoms with van der Waals surface area (Å²) >= 11 is 0. The lowest BCUT2D eigenvalue weighted by atomic mass is 9.76. The third-order valence-corrected chi connectivity index (χ3v) is 7.28. The number of benzene rings is 1. The van der Waals surface area contributed by atoms with Gasteiger partial charge in [-0.05, 0) is 97.8 Å². The molecule has 0 amide bonds. The van der Waals surface area contributed by atoms with Crippen LogP contribution in [0.15, 0.2) is 58.3 Å². The number of cyclic esters (lactones) is 1. The van der Waals surface area contributed by atoms with Gasteiger partial charge >= 0.3 is 5.97 Å². The number of carbonyl (C=O) groups excluding carboxylic acids is 1. The molecule has 41 heavy (non-hydrogen) atoms. The first-order valence-corrected chi connectivity index (χ1v) is 14.9. The van der Waals surface area contributed by atoms with E-state index < -0.39 is 11.6 Å². The molecule has 1 aliphatic heterocycles. The summed E-state index contributed by atoms with van der Waals surface area (Å²) in [6.07, 6.45) is 7.97. The molecule has 1 heterocycles. The number of amidine groups is 1. The number of phenols is 1. The summed E-state index contributed by atoms with van der Waals surface area (Å²) in [6, 6.07) is 5.61. The largest absolute Gasteiger partial charge is 0.512 e. The lowest BCUT2D eigenvalue weighted by Gasteiger charge is -2.42. The van der Waals surface area contributed by atoms with Gasteiger partial charge in [-0.3, -0.25) is 4.99 Å². The van der Waals surface area contributed by atoms with E-state index in [1.807, 2.05) is 40.7 Å². The minimum atomic E-state index is -0.737. The van der Waals surface area contributed by atoms with Crippen molar-refractivity contribution in [1.29, 1.82) is 0 Å². The molecule has 0 bridgehead atoms. The van der Waals surface area contributed by atoms with Crippen molar-refractivity contribution in [2.75, 3.05) is 7.05 Å². The molecule has 1 unspecified atom stereocenters. The van der Waals surface area contributed by atoms with E-state index in [9.17, 15) is 15.0 Å². The minimum Gasteiger partial charge on any atom is -0.512 e. The molecule has 1 saturated carbocycles. The van der Waals surface area contributed by atoms with E-state index in [0.717, 1.165) is 36.8 Å². The van der Waals surface area contributed by atoms with E-state index >= 15 is 0 Å². The average molecular weight is 569 g/mol. The Morgan fingerprint density at radius 3 is 2.32 bits per heavy atom. The molecule has 0 saturated heterocycles. The number of phenolic OH excluding ortho intramolecular Hbond substituents is 1. The molecule has 7 nitrogen and oxygen atoms in total. The van der Waals surface area contributed by atoms with Crippen LogP contribution >= 0.6 is 0 Å². The highest BCUT2D eigenvalue weighted by molar-refractivity contribution is 5.98. The van der Waals surface area contributed by atoms with E-state index in [4.69, 9.17) is 9.47 Å². The van der Waals surface area contributed by atoms with Crippen LogP contribution in [0.5, 0.6) is 11.5 Å². The monoisotopic (exact) mass is 568 g/mol. The fourth-order valence-corrected chi connectivity index (χ4v) is 5.60. The predicted octanol–water partition coefficient (Wildman–Crippen LogP) is 7.75. The maximum Gasteiger partial charge on any atom is 0.338 e. The maximum absolute atomic E-state index is 13.1. The molecule has 0 aromatic heterocycles. The zero-order valence-electron chi connectivity index (χ0n) is 26.5. The SMILES string of the molecule is C=C(C)C=C(C)C.CN=C(CC1=C(O)CC(CCc2ccc(OC(C)C)c(O)c2)(C2CCCC2)OC1=O)NC(C)C. The molecule has 1 aromatic rings. The van der Waals surface area contributed by atoms with E-state index in [-0.39, 0.29) is 41.6 Å². The Hall–Kier alpha value is -3.22. The van der Waals surface area contributed by atoms with Crippen LogP contribution in [-0.2, 0) is 16.0 Å². The van der Waals surface area contributed by atoms with Crippen molar-refractivity contribution < 1.29 is 24.5 Å². The number of aliphatic hydroxyl groups excluding tert-OH is 1. The number of hydrogen-bond acceptors (Lipinski definition) is 6. The summed E-state index contributed by atoms with van der Waals surface area (Å²) in [7, 11) is 1.67. The molecule has 2 aliphatic rings. The number of carbonyl (C=O) groups is 1. The molecule has 3 N–H and O–H groups in total. The second kappa shape index (κ2) is 15.7. The van der Waals surface area contributed by atoms with E-state index in [0.29, 0.717) is 30.8 Å². The number of aliphatic imine (C=N–C) groups is 1. The van der Waals surface area contributed by atoms with Gasteiger partial charge in [0.1, 0.15) is 17.2 Å². The quantitative estimate of drug-likeness (QED) is 0.115. The number of hydrogen-bond donors (Lipinski definition) is 3. The standard InChI is InChI=1S/C27H40N2O5.C7H12/c1-17(2)29-25(28-5)15-21-23(31)16-27(34-26(21)32,20-8-6-7-9-20)13-12-19-10-11-24(22(30)14-19)33-18(3)4;1-6(2)5-7(3)4/h10-11,14,17-18,20,30-31H,6-9,12-13,15-16H2,1-5H3,(H,28,29);5H,1H2,2-4H3. The number of aromatic hydroxyl groups is 1. The zero-order valence-corrected chi connectivity index (χ0v) is 26.5. The van der Waals surface area contributed by atoms with Crippen molar-refractivity contribution in [1.82, 2.24) is 5.32 Å². The summed E-state index contributed by atoms with van der Waals surface area (Å²) in [5.74, 6) is 1.09. The van der Waals surface area contributed by atoms with Crippen LogP contribution in [-0.4, -0.2) is 46.8 Å². The van der Waals surface area contributed by atoms with Gasteiger partial charge in [-0.15, -0.1) is 0 Å². The van der Waals surface area contributed by atoms with Crippen LogP contribution in [0.25, 0.3) is 0 Å². The number of allylic oxidation sites excluding steroid dienone is 3. The molecule has 1 aromatic carbocycles. The number of aliphatic hydroxyl groups is 1. The lowest BCUT2D eigenvalue weighted by molar-refractivity contribution is -0.167. The van der Waals surface area contributed by atoms with Gasteiger partial charge in [0.05, 0.1) is 11.7 Å². The van der Waals surface area contributed by atoms with Crippen LogP contribution in [0.4, 0.5) is 0 Å². The molecule has 1 atom stereocenters. The van der Waals surface area contributed by atoms with Gasteiger partial charge in [-0.2, -0.15) is 0 Å². The van der Waals surface area contributed by atoms with Crippen molar-refractivity contribution in [3.05, 3.63) is 58.9 Å². The number of rotatable bonds is 10. The number of aryl methyl sites for hydroxylation is 1. The van der Waals surface area contributed by atoms with Gasteiger partial charge < -0.3 is 25.0 Å². The highest BCUT2D eigenvalue weighted by atomic mass is 16.6. The molecule has 228 valence electrons. The third kappa shape index (κ3) is 10.6. The van der Waals surface area contributed by atoms with Crippen molar-refractivity contribution in [2.24, 2.45) is 10.9 Å². The smallest absolute Gasteiger partial charge is 0.338 e. The molecular weight excluding hydrogens is 516 g/mol. The molecule has 1 fully saturated rings. The molecule has 0 spiro atoms. The van der Waals surface area contributed by atoms with Crippen molar-refractivity contribution in [3.63, 3.8) is 0 Å². The predicted molar refractivity (Wildman–Crippen MR) is 168 cm³/mol. The van der Waals surface area contributed by atoms with E-state index in [2.05, 4.69) is 36.8 Å². The highest BCUT2D eigenvalue weighted by Gasteiger charge is 2.48. The average Bonchev–Trinajstić information content (AvgIpc) is 3.41. The van der Waals surface area contributed by atoms with Crippen LogP contribution in [0.3, 0.4) is 0 Å². The van der Waals surface area contributed by atoms with E-state index in [1.54, 1.807) is 19.2 Å². The number of ether oxygens (including phenoxy) is 2. The summed E-state index contributed by atoms with van der Waals surface area (Å²) in [5, 5.41) is 24.6. The first-order chi connectivity index (χ1) is 19.3. The molecule has 7 heteroatoms. The Bertz CT molecular complexity index is 1140. The third-order valence-electron chi connectivity index (χ3n) is 7.28. The topological polar surface area (TPSA) is 100 Å². The zero-order chi connectivity index (χ0) is 30.7. The fraction of sp³-hybridized carbons (Fsp3) is 0.588. The lowest BCUT2D eigenvalue weighted by Crippen LogP contribution is -2.46. The summed E-state index contributed by atoms with van der Waals surface area (Å²) < 4.78 is 11.8. The first-order valence-electron chi connectivity index (χ1n) is 14.9. The van der Waals surface area contributed by atoms with E-state index in [1.165, 1.54) is 5.57 Å². The van der Waals surface area contributed by atoms with Crippen LogP contribution in [0.1, 0.15) is 99.0 Å². The number of esters is 1. The second-order valence-electron chi connectivity index (χ2n) is 12.2. The Morgan fingerprint density at radius 2 is 1.85 bits per heavy atom. The Kier molecular flexibility index (Phi) is 13.0.